The van der Waals surface area contributed by atoms with Crippen molar-refractivity contribution in [2.45, 2.75) is 56.0 Å². The summed E-state index contributed by atoms with van der Waals surface area (Å²) in [4.78, 5) is 14.8. The van der Waals surface area contributed by atoms with E-state index in [4.69, 9.17) is 26.8 Å². The fourth-order valence-electron chi connectivity index (χ4n) is 5.02. The van der Waals surface area contributed by atoms with E-state index < -0.39 is 23.2 Å². The lowest BCUT2D eigenvalue weighted by Gasteiger charge is -2.46. The topological polar surface area (TPSA) is 64.8 Å². The van der Waals surface area contributed by atoms with E-state index in [0.717, 1.165) is 17.7 Å². The van der Waals surface area contributed by atoms with E-state index in [2.05, 4.69) is 0 Å². The smallest absolute Gasteiger partial charge is 0.416 e. The fraction of sp³-hybridized carbons (Fsp3) is 0.480. The number of likely N-dealkylation sites (tertiary alicyclic amines) is 1. The van der Waals surface area contributed by atoms with Gasteiger partial charge in [0.1, 0.15) is 17.4 Å². The van der Waals surface area contributed by atoms with Gasteiger partial charge in [0.2, 0.25) is 5.91 Å². The monoisotopic (exact) mass is 496 g/mol. The third-order valence-electron chi connectivity index (χ3n) is 6.99. The highest BCUT2D eigenvalue weighted by atomic mass is 35.5. The van der Waals surface area contributed by atoms with E-state index in [1.54, 1.807) is 0 Å². The van der Waals surface area contributed by atoms with E-state index in [9.17, 15) is 18.0 Å². The van der Waals surface area contributed by atoms with Gasteiger partial charge in [0, 0.05) is 37.1 Å². The van der Waals surface area contributed by atoms with Gasteiger partial charge in [0.15, 0.2) is 0 Å². The fourth-order valence-corrected chi connectivity index (χ4v) is 5.22. The first-order valence-corrected chi connectivity index (χ1v) is 11.7. The van der Waals surface area contributed by atoms with Crippen LogP contribution in [0.1, 0.15) is 43.2 Å². The lowest BCUT2D eigenvalue weighted by molar-refractivity contribution is -0.142. The van der Waals surface area contributed by atoms with Crippen LogP contribution in [-0.2, 0) is 15.7 Å². The van der Waals surface area contributed by atoms with Gasteiger partial charge in [0.05, 0.1) is 11.7 Å². The molecule has 2 aromatic rings. The number of primary amides is 1. The molecule has 0 aliphatic carbocycles. The molecule has 2 aliphatic rings. The molecule has 2 aromatic carbocycles. The quantitative estimate of drug-likeness (QED) is 0.610. The van der Waals surface area contributed by atoms with Crippen LogP contribution in [0.15, 0.2) is 48.5 Å². The number of hydrogen-bond donors (Lipinski definition) is 1. The predicted molar refractivity (Wildman–Crippen MR) is 123 cm³/mol. The van der Waals surface area contributed by atoms with Crippen molar-refractivity contribution in [1.82, 2.24) is 4.90 Å². The van der Waals surface area contributed by atoms with Crippen molar-refractivity contribution in [3.05, 3.63) is 64.7 Å². The Morgan fingerprint density at radius 3 is 2.74 bits per heavy atom. The summed E-state index contributed by atoms with van der Waals surface area (Å²) < 4.78 is 51.0. The summed E-state index contributed by atoms with van der Waals surface area (Å²) in [6.45, 7) is 3.38. The number of carbonyl (C=O) groups excluding carboxylic acids is 1. The normalized spacial score (nSPS) is 26.9. The van der Waals surface area contributed by atoms with Gasteiger partial charge in [-0.1, -0.05) is 36.7 Å². The molecule has 0 bridgehead atoms. The zero-order chi connectivity index (χ0) is 24.5. The van der Waals surface area contributed by atoms with Crippen LogP contribution in [0.3, 0.4) is 0 Å². The highest BCUT2D eigenvalue weighted by Gasteiger charge is 2.50. The average Bonchev–Trinajstić information content (AvgIpc) is 3.27. The number of nitrogens with zero attached hydrogens (tertiary/aromatic N) is 1. The van der Waals surface area contributed by atoms with Crippen molar-refractivity contribution in [3.63, 3.8) is 0 Å². The number of ether oxygens (including phenoxy) is 2. The van der Waals surface area contributed by atoms with Gasteiger partial charge >= 0.3 is 6.18 Å². The summed E-state index contributed by atoms with van der Waals surface area (Å²) in [5.74, 6) is -0.259. The molecule has 4 rings (SSSR count). The molecule has 0 aromatic heterocycles. The first-order chi connectivity index (χ1) is 16.1. The molecule has 184 valence electrons. The molecular formula is C25H28ClF3N2O3. The van der Waals surface area contributed by atoms with Gasteiger partial charge in [-0.15, -0.1) is 0 Å². The Morgan fingerprint density at radius 1 is 1.26 bits per heavy atom. The Balaban J connectivity index is 1.48. The molecule has 2 N–H and O–H groups in total. The Labute approximate surface area is 202 Å². The molecular weight excluding hydrogens is 469 g/mol. The maximum absolute atomic E-state index is 13.0. The van der Waals surface area contributed by atoms with Gasteiger partial charge in [-0.3, -0.25) is 9.69 Å². The van der Waals surface area contributed by atoms with Crippen LogP contribution >= 0.6 is 11.6 Å². The number of alkyl halides is 3. The van der Waals surface area contributed by atoms with Crippen LogP contribution in [0.5, 0.6) is 5.75 Å². The van der Waals surface area contributed by atoms with Crippen molar-refractivity contribution in [2.75, 3.05) is 19.7 Å². The largest absolute Gasteiger partial charge is 0.489 e. The zero-order valence-corrected chi connectivity index (χ0v) is 19.6. The van der Waals surface area contributed by atoms with Crippen LogP contribution in [0.25, 0.3) is 0 Å². The van der Waals surface area contributed by atoms with E-state index in [1.165, 1.54) is 12.1 Å². The minimum absolute atomic E-state index is 0.00233. The minimum Gasteiger partial charge on any atom is -0.489 e. The van der Waals surface area contributed by atoms with Crippen LogP contribution in [0.4, 0.5) is 13.2 Å². The molecule has 9 heteroatoms. The minimum atomic E-state index is -4.44. The highest BCUT2D eigenvalue weighted by Crippen LogP contribution is 2.39. The summed E-state index contributed by atoms with van der Waals surface area (Å²) in [7, 11) is 0. The Kier molecular flexibility index (Phi) is 7.12. The average molecular weight is 497 g/mol. The number of nitrogens with two attached hydrogens (primary N) is 1. The summed E-state index contributed by atoms with van der Waals surface area (Å²) in [6, 6.07) is 12.4. The van der Waals surface area contributed by atoms with Gasteiger partial charge in [-0.25, -0.2) is 0 Å². The summed E-state index contributed by atoms with van der Waals surface area (Å²) in [5.41, 5.74) is 5.31. The van der Waals surface area contributed by atoms with Crippen LogP contribution in [0, 0.1) is 0 Å². The second kappa shape index (κ2) is 9.76. The molecule has 34 heavy (non-hydrogen) atoms. The van der Waals surface area contributed by atoms with Crippen molar-refractivity contribution in [1.29, 1.82) is 0 Å². The van der Waals surface area contributed by atoms with Gasteiger partial charge in [-0.2, -0.15) is 13.2 Å². The lowest BCUT2D eigenvalue weighted by Crippen LogP contribution is -2.61. The summed E-state index contributed by atoms with van der Waals surface area (Å²) in [6.07, 6.45) is -3.55. The first kappa shape index (κ1) is 24.8. The highest BCUT2D eigenvalue weighted by molar-refractivity contribution is 6.30. The van der Waals surface area contributed by atoms with Gasteiger partial charge in [0.25, 0.3) is 0 Å². The van der Waals surface area contributed by atoms with Crippen LogP contribution < -0.4 is 10.5 Å². The molecule has 1 amide bonds. The number of rotatable bonds is 6. The molecule has 2 aliphatic heterocycles. The van der Waals surface area contributed by atoms with E-state index >= 15 is 0 Å². The molecule has 3 unspecified atom stereocenters. The first-order valence-electron chi connectivity index (χ1n) is 11.3. The second-order valence-corrected chi connectivity index (χ2v) is 9.54. The maximum Gasteiger partial charge on any atom is 0.416 e. The standard InChI is InChI=1S/C25H28ClF3N2O3/c1-16(17-4-2-6-19(26)12-17)22-14-24(23(30)32,9-11-33-22)31-10-8-21(15-31)34-20-7-3-5-18(13-20)25(27,28)29/h2-7,12-13,16,21-22H,8-11,14-15H2,1H3,(H2,30,32)/t16-,21?,22?,24?/m0/s1. The van der Waals surface area contributed by atoms with Crippen molar-refractivity contribution in [2.24, 2.45) is 5.73 Å². The molecule has 0 radical (unpaired) electrons. The summed E-state index contributed by atoms with van der Waals surface area (Å²) >= 11 is 6.16. The molecule has 5 nitrogen and oxygen atoms in total. The predicted octanol–water partition coefficient (Wildman–Crippen LogP) is 5.02. The Hall–Kier alpha value is -2.29. The molecule has 0 spiro atoms. The van der Waals surface area contributed by atoms with Crippen LogP contribution in [-0.4, -0.2) is 48.3 Å². The van der Waals surface area contributed by atoms with Crippen molar-refractivity contribution < 1.29 is 27.4 Å². The Morgan fingerprint density at radius 2 is 2.03 bits per heavy atom. The van der Waals surface area contributed by atoms with E-state index in [0.29, 0.717) is 44.0 Å². The maximum atomic E-state index is 13.0. The third kappa shape index (κ3) is 5.19. The zero-order valence-electron chi connectivity index (χ0n) is 18.9. The lowest BCUT2D eigenvalue weighted by atomic mass is 9.79. The number of benzene rings is 2. The van der Waals surface area contributed by atoms with Crippen molar-refractivity contribution >= 4 is 17.5 Å². The molecule has 2 heterocycles. The van der Waals surface area contributed by atoms with Crippen LogP contribution in [0.2, 0.25) is 5.02 Å². The number of hydrogen-bond acceptors (Lipinski definition) is 4. The molecule has 2 saturated heterocycles. The Bertz CT molecular complexity index is 1030. The van der Waals surface area contributed by atoms with E-state index in [-0.39, 0.29) is 23.9 Å². The number of carbonyl (C=O) groups is 1. The molecule has 0 saturated carbocycles. The molecule has 2 fully saturated rings. The SMILES string of the molecule is C[C@@H](c1cccc(Cl)c1)C1CC(C(N)=O)(N2CCC(Oc3cccc(C(F)(F)F)c3)C2)CCO1. The number of amides is 1. The molecule has 4 atom stereocenters. The second-order valence-electron chi connectivity index (χ2n) is 9.10. The summed E-state index contributed by atoms with van der Waals surface area (Å²) in [5, 5.41) is 0.635. The van der Waals surface area contributed by atoms with Gasteiger partial charge in [-0.05, 0) is 48.7 Å². The van der Waals surface area contributed by atoms with E-state index in [1.807, 2.05) is 36.1 Å². The van der Waals surface area contributed by atoms with Crippen molar-refractivity contribution in [3.8, 4) is 5.75 Å². The number of halogens is 4. The van der Waals surface area contributed by atoms with Gasteiger partial charge < -0.3 is 15.2 Å². The third-order valence-corrected chi connectivity index (χ3v) is 7.23.